The second-order valence-corrected chi connectivity index (χ2v) is 5.59. The molecule has 18 heavy (non-hydrogen) atoms. The van der Waals surface area contributed by atoms with Crippen LogP contribution in [0.4, 0.5) is 5.69 Å². The Morgan fingerprint density at radius 2 is 1.83 bits per heavy atom. The van der Waals surface area contributed by atoms with E-state index in [2.05, 4.69) is 23.3 Å². The number of anilines is 1. The summed E-state index contributed by atoms with van der Waals surface area (Å²) in [6.07, 6.45) is 4.14. The summed E-state index contributed by atoms with van der Waals surface area (Å²) < 4.78 is 0. The molecule has 0 aromatic heterocycles. The molecule has 1 amide bonds. The van der Waals surface area contributed by atoms with Gasteiger partial charge in [0.05, 0.1) is 5.41 Å². The summed E-state index contributed by atoms with van der Waals surface area (Å²) in [4.78, 5) is 14.8. The average Bonchev–Trinajstić information content (AvgIpc) is 2.61. The van der Waals surface area contributed by atoms with Crippen LogP contribution in [-0.2, 0) is 10.2 Å². The van der Waals surface area contributed by atoms with Crippen LogP contribution in [0.15, 0.2) is 24.3 Å². The molecule has 1 N–H and O–H groups in total. The number of nitrogens with zero attached hydrogens (tertiary/aromatic N) is 1. The number of nitrogens with one attached hydrogen (secondary N) is 1. The van der Waals surface area contributed by atoms with E-state index in [1.807, 2.05) is 18.2 Å². The van der Waals surface area contributed by atoms with Crippen LogP contribution in [0.25, 0.3) is 0 Å². The average molecular weight is 244 g/mol. The predicted molar refractivity (Wildman–Crippen MR) is 72.7 cm³/mol. The zero-order valence-corrected chi connectivity index (χ0v) is 10.9. The van der Waals surface area contributed by atoms with E-state index in [1.165, 1.54) is 5.56 Å². The molecule has 1 aromatic rings. The second kappa shape index (κ2) is 4.39. The van der Waals surface area contributed by atoms with Crippen molar-refractivity contribution in [1.29, 1.82) is 0 Å². The molecule has 1 aromatic carbocycles. The molecule has 0 bridgehead atoms. The van der Waals surface area contributed by atoms with Crippen molar-refractivity contribution in [1.82, 2.24) is 4.90 Å². The maximum Gasteiger partial charge on any atom is 0.235 e. The van der Waals surface area contributed by atoms with E-state index in [4.69, 9.17) is 0 Å². The highest BCUT2D eigenvalue weighted by molar-refractivity contribution is 6.06. The van der Waals surface area contributed by atoms with E-state index < -0.39 is 0 Å². The molecule has 2 aliphatic heterocycles. The van der Waals surface area contributed by atoms with Gasteiger partial charge in [0.15, 0.2) is 0 Å². The van der Waals surface area contributed by atoms with Gasteiger partial charge in [0.25, 0.3) is 0 Å². The fraction of sp³-hybridized carbons (Fsp3) is 0.533. The first-order valence-corrected chi connectivity index (χ1v) is 6.82. The van der Waals surface area contributed by atoms with Crippen LogP contribution in [0.2, 0.25) is 0 Å². The number of hydrogen-bond donors (Lipinski definition) is 1. The predicted octanol–water partition coefficient (Wildman–Crippen LogP) is 2.38. The van der Waals surface area contributed by atoms with Gasteiger partial charge < -0.3 is 10.2 Å². The molecule has 0 radical (unpaired) electrons. The Morgan fingerprint density at radius 1 is 1.17 bits per heavy atom. The van der Waals surface area contributed by atoms with Crippen LogP contribution >= 0.6 is 0 Å². The van der Waals surface area contributed by atoms with Crippen molar-refractivity contribution in [2.75, 3.05) is 25.5 Å². The van der Waals surface area contributed by atoms with Crippen molar-refractivity contribution < 1.29 is 4.79 Å². The molecular formula is C15H20N2O. The minimum atomic E-state index is -0.252. The highest BCUT2D eigenvalue weighted by Crippen LogP contribution is 2.44. The molecule has 1 fully saturated rings. The summed E-state index contributed by atoms with van der Waals surface area (Å²) in [6.45, 7) is 2.19. The summed E-state index contributed by atoms with van der Waals surface area (Å²) >= 11 is 0. The third-order valence-corrected chi connectivity index (χ3v) is 4.41. The van der Waals surface area contributed by atoms with Gasteiger partial charge in [-0.05, 0) is 57.5 Å². The van der Waals surface area contributed by atoms with Crippen LogP contribution < -0.4 is 5.32 Å². The molecule has 3 rings (SSSR count). The van der Waals surface area contributed by atoms with Crippen molar-refractivity contribution in [2.45, 2.75) is 31.1 Å². The van der Waals surface area contributed by atoms with Crippen molar-refractivity contribution in [3.05, 3.63) is 29.8 Å². The van der Waals surface area contributed by atoms with Crippen molar-refractivity contribution in [2.24, 2.45) is 0 Å². The molecule has 0 saturated carbocycles. The lowest BCUT2D eigenvalue weighted by molar-refractivity contribution is -0.121. The number of rotatable bonds is 0. The van der Waals surface area contributed by atoms with Gasteiger partial charge in [-0.3, -0.25) is 4.79 Å². The summed E-state index contributed by atoms with van der Waals surface area (Å²) in [5.41, 5.74) is 1.99. The molecule has 1 saturated heterocycles. The van der Waals surface area contributed by atoms with Gasteiger partial charge >= 0.3 is 0 Å². The third-order valence-electron chi connectivity index (χ3n) is 4.41. The number of likely N-dealkylation sites (tertiary alicyclic amines) is 1. The molecule has 2 aliphatic rings. The van der Waals surface area contributed by atoms with Gasteiger partial charge in [-0.1, -0.05) is 18.2 Å². The van der Waals surface area contributed by atoms with E-state index >= 15 is 0 Å². The monoisotopic (exact) mass is 244 g/mol. The third kappa shape index (κ3) is 1.74. The van der Waals surface area contributed by atoms with Crippen LogP contribution in [0.3, 0.4) is 0 Å². The van der Waals surface area contributed by atoms with Gasteiger partial charge in [-0.25, -0.2) is 0 Å². The van der Waals surface area contributed by atoms with Crippen LogP contribution in [-0.4, -0.2) is 30.9 Å². The summed E-state index contributed by atoms with van der Waals surface area (Å²) in [5.74, 6) is 0.216. The number of hydrogen-bond acceptors (Lipinski definition) is 2. The van der Waals surface area contributed by atoms with Crippen LogP contribution in [0.1, 0.15) is 31.2 Å². The molecule has 1 spiro atoms. The molecule has 0 atom stereocenters. The minimum Gasteiger partial charge on any atom is -0.325 e. The summed E-state index contributed by atoms with van der Waals surface area (Å²) in [7, 11) is 2.17. The first kappa shape index (κ1) is 11.7. The minimum absolute atomic E-state index is 0.216. The standard InChI is InChI=1S/C15H20N2O/c1-17-10-4-8-15(9-5-11-17)12-6-2-3-7-13(12)16-14(15)18/h2-3,6-7H,4-5,8-11H2,1H3,(H,16,18). The number of amides is 1. The van der Waals surface area contributed by atoms with Gasteiger partial charge in [-0.2, -0.15) is 0 Å². The normalized spacial score (nSPS) is 23.3. The quantitative estimate of drug-likeness (QED) is 0.760. The lowest BCUT2D eigenvalue weighted by Gasteiger charge is -2.32. The highest BCUT2D eigenvalue weighted by atomic mass is 16.2. The van der Waals surface area contributed by atoms with Gasteiger partial charge in [0, 0.05) is 5.69 Å². The number of carbonyl (C=O) groups excluding carboxylic acids is 1. The van der Waals surface area contributed by atoms with Gasteiger partial charge in [0.1, 0.15) is 0 Å². The lowest BCUT2D eigenvalue weighted by Crippen LogP contribution is -2.38. The van der Waals surface area contributed by atoms with E-state index in [0.717, 1.165) is 44.5 Å². The Bertz CT molecular complexity index is 459. The van der Waals surface area contributed by atoms with Crippen LogP contribution in [0.5, 0.6) is 0 Å². The molecular weight excluding hydrogens is 224 g/mol. The molecule has 0 unspecified atom stereocenters. The summed E-state index contributed by atoms with van der Waals surface area (Å²) in [6, 6.07) is 8.19. The topological polar surface area (TPSA) is 32.3 Å². The van der Waals surface area contributed by atoms with Gasteiger partial charge in [-0.15, -0.1) is 0 Å². The molecule has 3 heteroatoms. The van der Waals surface area contributed by atoms with Crippen molar-refractivity contribution in [3.8, 4) is 0 Å². The van der Waals surface area contributed by atoms with Crippen molar-refractivity contribution in [3.63, 3.8) is 0 Å². The molecule has 3 nitrogen and oxygen atoms in total. The number of benzene rings is 1. The zero-order chi connectivity index (χ0) is 12.6. The Balaban J connectivity index is 1.95. The Labute approximate surface area is 108 Å². The lowest BCUT2D eigenvalue weighted by atomic mass is 9.73. The fourth-order valence-corrected chi connectivity index (χ4v) is 3.41. The largest absolute Gasteiger partial charge is 0.325 e. The molecule has 96 valence electrons. The van der Waals surface area contributed by atoms with E-state index in [9.17, 15) is 4.79 Å². The summed E-state index contributed by atoms with van der Waals surface area (Å²) in [5, 5.41) is 3.06. The smallest absolute Gasteiger partial charge is 0.235 e. The molecule has 2 heterocycles. The Hall–Kier alpha value is -1.35. The van der Waals surface area contributed by atoms with Crippen molar-refractivity contribution >= 4 is 11.6 Å². The molecule has 0 aliphatic carbocycles. The van der Waals surface area contributed by atoms with E-state index in [0.29, 0.717) is 0 Å². The number of carbonyl (C=O) groups is 1. The number of para-hydroxylation sites is 1. The fourth-order valence-electron chi connectivity index (χ4n) is 3.41. The zero-order valence-electron chi connectivity index (χ0n) is 10.9. The Morgan fingerprint density at radius 3 is 2.56 bits per heavy atom. The highest BCUT2D eigenvalue weighted by Gasteiger charge is 2.45. The second-order valence-electron chi connectivity index (χ2n) is 5.59. The van der Waals surface area contributed by atoms with Gasteiger partial charge in [0.2, 0.25) is 5.91 Å². The Kier molecular flexibility index (Phi) is 2.86. The van der Waals surface area contributed by atoms with Crippen LogP contribution in [0, 0.1) is 0 Å². The SMILES string of the molecule is CN1CCCC2(CCC1)C(=O)Nc1ccccc12. The first-order valence-electron chi connectivity index (χ1n) is 6.82. The number of fused-ring (bicyclic) bond motifs is 2. The van der Waals surface area contributed by atoms with E-state index in [-0.39, 0.29) is 11.3 Å². The first-order chi connectivity index (χ1) is 8.72. The maximum atomic E-state index is 12.4. The van der Waals surface area contributed by atoms with E-state index in [1.54, 1.807) is 0 Å². The maximum absolute atomic E-state index is 12.4.